The fraction of sp³-hybridized carbons (Fsp3) is 0.417. The van der Waals surface area contributed by atoms with Crippen molar-refractivity contribution < 1.29 is 22.4 Å². The van der Waals surface area contributed by atoms with Gasteiger partial charge in [0.25, 0.3) is 5.91 Å². The van der Waals surface area contributed by atoms with E-state index < -0.39 is 24.3 Å². The molecular weight excluding hydrogens is 264 g/mol. The number of alkyl halides is 3. The molecule has 3 nitrogen and oxygen atoms in total. The Morgan fingerprint density at radius 3 is 2.58 bits per heavy atom. The molecule has 0 saturated heterocycles. The number of amides is 1. The van der Waals surface area contributed by atoms with Crippen molar-refractivity contribution >= 4 is 11.6 Å². The molecule has 0 radical (unpaired) electrons. The Morgan fingerprint density at radius 1 is 1.32 bits per heavy atom. The zero-order valence-corrected chi connectivity index (χ0v) is 10.3. The van der Waals surface area contributed by atoms with Crippen LogP contribution in [-0.4, -0.2) is 25.7 Å². The normalized spacial score (nSPS) is 11.2. The molecule has 0 aromatic heterocycles. The van der Waals surface area contributed by atoms with Gasteiger partial charge >= 0.3 is 6.18 Å². The van der Waals surface area contributed by atoms with E-state index in [4.69, 9.17) is 0 Å². The Morgan fingerprint density at radius 2 is 2.00 bits per heavy atom. The zero-order valence-electron chi connectivity index (χ0n) is 10.3. The maximum absolute atomic E-state index is 13.4. The predicted molar refractivity (Wildman–Crippen MR) is 63.6 cm³/mol. The van der Waals surface area contributed by atoms with Gasteiger partial charge in [-0.05, 0) is 18.6 Å². The fourth-order valence-corrected chi connectivity index (χ4v) is 1.55. The minimum Gasteiger partial charge on any atom is -0.385 e. The quantitative estimate of drug-likeness (QED) is 0.642. The predicted octanol–water partition coefficient (Wildman–Crippen LogP) is 2.94. The molecule has 2 N–H and O–H groups in total. The summed E-state index contributed by atoms with van der Waals surface area (Å²) in [6.45, 7) is -0.113. The molecule has 0 aliphatic rings. The number of halogens is 4. The lowest BCUT2D eigenvalue weighted by Crippen LogP contribution is -2.26. The molecule has 7 heteroatoms. The van der Waals surface area contributed by atoms with Gasteiger partial charge in [-0.3, -0.25) is 4.79 Å². The first-order valence-corrected chi connectivity index (χ1v) is 5.66. The lowest BCUT2D eigenvalue weighted by molar-refractivity contribution is -0.135. The van der Waals surface area contributed by atoms with Crippen molar-refractivity contribution in [3.05, 3.63) is 29.6 Å². The van der Waals surface area contributed by atoms with E-state index in [1.807, 2.05) is 0 Å². The number of benzene rings is 1. The molecule has 1 amide bonds. The largest absolute Gasteiger partial charge is 0.389 e. The number of hydrogen-bond donors (Lipinski definition) is 2. The van der Waals surface area contributed by atoms with Gasteiger partial charge in [-0.25, -0.2) is 4.39 Å². The van der Waals surface area contributed by atoms with Crippen LogP contribution in [0.15, 0.2) is 18.2 Å². The Kier molecular flexibility index (Phi) is 5.14. The summed E-state index contributed by atoms with van der Waals surface area (Å²) in [5.74, 6) is -1.20. The Hall–Kier alpha value is -1.79. The first-order chi connectivity index (χ1) is 8.85. The molecule has 0 heterocycles. The molecule has 0 aliphatic heterocycles. The zero-order chi connectivity index (χ0) is 14.5. The van der Waals surface area contributed by atoms with Crippen molar-refractivity contribution in [3.8, 4) is 0 Å². The molecule has 0 fully saturated rings. The maximum atomic E-state index is 13.4. The summed E-state index contributed by atoms with van der Waals surface area (Å²) in [6.07, 6.45) is -5.41. The average Bonchev–Trinajstić information content (AvgIpc) is 2.33. The van der Waals surface area contributed by atoms with Gasteiger partial charge in [-0.15, -0.1) is 0 Å². The monoisotopic (exact) mass is 278 g/mol. The van der Waals surface area contributed by atoms with Crippen LogP contribution in [-0.2, 0) is 0 Å². The summed E-state index contributed by atoms with van der Waals surface area (Å²) < 4.78 is 49.1. The highest BCUT2D eigenvalue weighted by Gasteiger charge is 2.26. The van der Waals surface area contributed by atoms with E-state index in [1.54, 1.807) is 0 Å². The van der Waals surface area contributed by atoms with Crippen LogP contribution in [0.1, 0.15) is 23.2 Å². The molecule has 106 valence electrons. The van der Waals surface area contributed by atoms with E-state index in [-0.39, 0.29) is 24.2 Å². The van der Waals surface area contributed by atoms with Crippen LogP contribution in [0.4, 0.5) is 23.2 Å². The number of carbonyl (C=O) groups excluding carboxylic acids is 1. The third-order valence-corrected chi connectivity index (χ3v) is 2.43. The standard InChI is InChI=1S/C12H14F4N2O/c1-17-10-8(4-2-5-9(10)13)11(19)18-7-3-6-12(14,15)16/h2,4-5,17H,3,6-7H2,1H3,(H,18,19). The highest BCUT2D eigenvalue weighted by molar-refractivity contribution is 5.99. The number of rotatable bonds is 5. The van der Waals surface area contributed by atoms with Crippen LogP contribution in [0.2, 0.25) is 0 Å². The second-order valence-electron chi connectivity index (χ2n) is 3.89. The average molecular weight is 278 g/mol. The third kappa shape index (κ3) is 4.76. The van der Waals surface area contributed by atoms with Crippen molar-refractivity contribution in [3.63, 3.8) is 0 Å². The van der Waals surface area contributed by atoms with Crippen molar-refractivity contribution in [2.24, 2.45) is 0 Å². The molecule has 0 saturated carbocycles. The van der Waals surface area contributed by atoms with Crippen LogP contribution >= 0.6 is 0 Å². The Labute approximate surface area is 108 Å². The molecule has 0 unspecified atom stereocenters. The highest BCUT2D eigenvalue weighted by Crippen LogP contribution is 2.21. The lowest BCUT2D eigenvalue weighted by atomic mass is 10.1. The molecule has 1 aromatic carbocycles. The van der Waals surface area contributed by atoms with E-state index in [1.165, 1.54) is 25.2 Å². The maximum Gasteiger partial charge on any atom is 0.389 e. The number of anilines is 1. The summed E-state index contributed by atoms with van der Waals surface area (Å²) >= 11 is 0. The molecule has 19 heavy (non-hydrogen) atoms. The molecule has 1 aromatic rings. The Bertz CT molecular complexity index is 446. The van der Waals surface area contributed by atoms with Crippen molar-refractivity contribution in [2.75, 3.05) is 18.9 Å². The second kappa shape index (κ2) is 6.40. The van der Waals surface area contributed by atoms with Crippen LogP contribution in [0.3, 0.4) is 0 Å². The number of hydrogen-bond acceptors (Lipinski definition) is 2. The molecule has 0 bridgehead atoms. The third-order valence-electron chi connectivity index (χ3n) is 2.43. The second-order valence-corrected chi connectivity index (χ2v) is 3.89. The number of para-hydroxylation sites is 1. The van der Waals surface area contributed by atoms with E-state index in [9.17, 15) is 22.4 Å². The van der Waals surface area contributed by atoms with Gasteiger partial charge in [0, 0.05) is 20.0 Å². The van der Waals surface area contributed by atoms with Gasteiger partial charge in [0.2, 0.25) is 0 Å². The highest BCUT2D eigenvalue weighted by atomic mass is 19.4. The minimum absolute atomic E-state index is 0.0239. The van der Waals surface area contributed by atoms with Crippen molar-refractivity contribution in [1.82, 2.24) is 5.32 Å². The smallest absolute Gasteiger partial charge is 0.385 e. The summed E-state index contributed by atoms with van der Waals surface area (Å²) in [7, 11) is 1.46. The SMILES string of the molecule is CNc1c(F)cccc1C(=O)NCCCC(F)(F)F. The minimum atomic E-state index is -4.24. The van der Waals surface area contributed by atoms with Gasteiger partial charge in [-0.2, -0.15) is 13.2 Å². The van der Waals surface area contributed by atoms with E-state index >= 15 is 0 Å². The van der Waals surface area contributed by atoms with Gasteiger partial charge < -0.3 is 10.6 Å². The first kappa shape index (κ1) is 15.3. The Balaban J connectivity index is 2.57. The van der Waals surface area contributed by atoms with Crippen LogP contribution in [0.25, 0.3) is 0 Å². The van der Waals surface area contributed by atoms with Crippen LogP contribution in [0.5, 0.6) is 0 Å². The number of nitrogens with one attached hydrogen (secondary N) is 2. The van der Waals surface area contributed by atoms with Gasteiger partial charge in [0.05, 0.1) is 11.3 Å². The van der Waals surface area contributed by atoms with E-state index in [2.05, 4.69) is 10.6 Å². The molecular formula is C12H14F4N2O. The van der Waals surface area contributed by atoms with Gasteiger partial charge in [0.15, 0.2) is 0 Å². The topological polar surface area (TPSA) is 41.1 Å². The lowest BCUT2D eigenvalue weighted by Gasteiger charge is -2.11. The van der Waals surface area contributed by atoms with Gasteiger partial charge in [-0.1, -0.05) is 6.07 Å². The van der Waals surface area contributed by atoms with Crippen molar-refractivity contribution in [1.29, 1.82) is 0 Å². The van der Waals surface area contributed by atoms with Gasteiger partial charge in [0.1, 0.15) is 5.82 Å². The van der Waals surface area contributed by atoms with E-state index in [0.29, 0.717) is 0 Å². The fourth-order valence-electron chi connectivity index (χ4n) is 1.55. The summed E-state index contributed by atoms with van der Waals surface area (Å²) in [6, 6.07) is 3.95. The van der Waals surface area contributed by atoms with Crippen LogP contribution in [0, 0.1) is 5.82 Å². The molecule has 0 atom stereocenters. The first-order valence-electron chi connectivity index (χ1n) is 5.66. The summed E-state index contributed by atoms with van der Waals surface area (Å²) in [5, 5.41) is 4.87. The summed E-state index contributed by atoms with van der Waals surface area (Å²) in [4.78, 5) is 11.7. The molecule has 1 rings (SSSR count). The summed E-state index contributed by atoms with van der Waals surface area (Å²) in [5.41, 5.74) is 0.0883. The number of carbonyl (C=O) groups is 1. The van der Waals surface area contributed by atoms with E-state index in [0.717, 1.165) is 0 Å². The van der Waals surface area contributed by atoms with Crippen LogP contribution < -0.4 is 10.6 Å². The van der Waals surface area contributed by atoms with Crippen molar-refractivity contribution in [2.45, 2.75) is 19.0 Å². The molecule has 0 spiro atoms. The molecule has 0 aliphatic carbocycles.